The molecule has 0 saturated heterocycles. The summed E-state index contributed by atoms with van der Waals surface area (Å²) in [6, 6.07) is 11.8. The molecular formula is C19H12N4O. The topological polar surface area (TPSA) is 67.6 Å². The second-order valence-electron chi connectivity index (χ2n) is 5.53. The van der Waals surface area contributed by atoms with E-state index in [-0.39, 0.29) is 0 Å². The van der Waals surface area contributed by atoms with Gasteiger partial charge in [-0.25, -0.2) is 9.97 Å². The van der Waals surface area contributed by atoms with E-state index in [2.05, 4.69) is 19.9 Å². The lowest BCUT2D eigenvalue weighted by Crippen LogP contribution is -1.90. The monoisotopic (exact) mass is 312 g/mol. The van der Waals surface area contributed by atoms with Crippen LogP contribution >= 0.6 is 0 Å². The van der Waals surface area contributed by atoms with Gasteiger partial charge in [-0.3, -0.25) is 4.98 Å². The van der Waals surface area contributed by atoms with Gasteiger partial charge in [-0.05, 0) is 42.0 Å². The van der Waals surface area contributed by atoms with Gasteiger partial charge in [-0.2, -0.15) is 0 Å². The van der Waals surface area contributed by atoms with Crippen molar-refractivity contribution in [2.24, 2.45) is 0 Å². The van der Waals surface area contributed by atoms with Crippen molar-refractivity contribution in [3.05, 3.63) is 67.4 Å². The van der Waals surface area contributed by atoms with Crippen LogP contribution in [0.25, 0.3) is 44.5 Å². The molecule has 0 unspecified atom stereocenters. The Kier molecular flexibility index (Phi) is 2.72. The van der Waals surface area contributed by atoms with Gasteiger partial charge < -0.3 is 9.40 Å². The van der Waals surface area contributed by atoms with Gasteiger partial charge in [0.1, 0.15) is 5.69 Å². The zero-order valence-electron chi connectivity index (χ0n) is 12.6. The summed E-state index contributed by atoms with van der Waals surface area (Å²) in [5.41, 5.74) is 4.63. The first-order valence-corrected chi connectivity index (χ1v) is 7.61. The number of nitrogens with one attached hydrogen (secondary N) is 1. The van der Waals surface area contributed by atoms with E-state index in [4.69, 9.17) is 4.42 Å². The molecule has 0 amide bonds. The van der Waals surface area contributed by atoms with Gasteiger partial charge in [0.05, 0.1) is 18.0 Å². The van der Waals surface area contributed by atoms with E-state index < -0.39 is 0 Å². The summed E-state index contributed by atoms with van der Waals surface area (Å²) < 4.78 is 5.52. The molecule has 5 aromatic heterocycles. The largest absolute Gasteiger partial charge is 0.463 e. The van der Waals surface area contributed by atoms with Crippen molar-refractivity contribution in [1.29, 1.82) is 0 Å². The molecule has 5 heteroatoms. The van der Waals surface area contributed by atoms with Gasteiger partial charge >= 0.3 is 0 Å². The summed E-state index contributed by atoms with van der Waals surface area (Å²) in [4.78, 5) is 16.5. The maximum atomic E-state index is 5.52. The number of aromatic amines is 1. The number of pyridine rings is 3. The lowest BCUT2D eigenvalue weighted by atomic mass is 10.0. The van der Waals surface area contributed by atoms with Crippen molar-refractivity contribution in [3.8, 4) is 22.6 Å². The van der Waals surface area contributed by atoms with Gasteiger partial charge in [0, 0.05) is 34.9 Å². The highest BCUT2D eigenvalue weighted by Gasteiger charge is 2.14. The van der Waals surface area contributed by atoms with Crippen LogP contribution in [0.2, 0.25) is 0 Å². The number of rotatable bonds is 2. The zero-order valence-corrected chi connectivity index (χ0v) is 12.6. The second kappa shape index (κ2) is 5.03. The Labute approximate surface area is 137 Å². The molecular weight excluding hydrogens is 300 g/mol. The van der Waals surface area contributed by atoms with E-state index in [9.17, 15) is 0 Å². The fourth-order valence-electron chi connectivity index (χ4n) is 3.03. The fraction of sp³-hybridized carbons (Fsp3) is 0. The van der Waals surface area contributed by atoms with E-state index in [1.165, 1.54) is 0 Å². The van der Waals surface area contributed by atoms with Crippen LogP contribution in [0.3, 0.4) is 0 Å². The lowest BCUT2D eigenvalue weighted by molar-refractivity contribution is 0.580. The Morgan fingerprint density at radius 1 is 0.958 bits per heavy atom. The highest BCUT2D eigenvalue weighted by molar-refractivity contribution is 6.04. The Morgan fingerprint density at radius 3 is 2.88 bits per heavy atom. The van der Waals surface area contributed by atoms with Crippen LogP contribution in [-0.4, -0.2) is 19.9 Å². The van der Waals surface area contributed by atoms with Crippen LogP contribution in [0.1, 0.15) is 0 Å². The minimum Gasteiger partial charge on any atom is -0.463 e. The van der Waals surface area contributed by atoms with Crippen LogP contribution in [0.5, 0.6) is 0 Å². The number of nitrogens with zero attached hydrogens (tertiary/aromatic N) is 3. The van der Waals surface area contributed by atoms with E-state index >= 15 is 0 Å². The van der Waals surface area contributed by atoms with Crippen LogP contribution in [0, 0.1) is 0 Å². The molecule has 0 radical (unpaired) electrons. The number of H-pyrrole nitrogens is 1. The molecule has 0 bridgehead atoms. The van der Waals surface area contributed by atoms with Crippen molar-refractivity contribution in [1.82, 2.24) is 19.9 Å². The van der Waals surface area contributed by atoms with Crippen LogP contribution in [0.15, 0.2) is 71.9 Å². The summed E-state index contributed by atoms with van der Waals surface area (Å²) in [6.45, 7) is 0. The van der Waals surface area contributed by atoms with Crippen LogP contribution in [0.4, 0.5) is 0 Å². The number of furan rings is 1. The molecule has 5 aromatic rings. The first-order chi connectivity index (χ1) is 11.9. The minimum absolute atomic E-state index is 0.699. The quantitative estimate of drug-likeness (QED) is 0.523. The normalized spacial score (nSPS) is 11.3. The second-order valence-corrected chi connectivity index (χ2v) is 5.53. The predicted octanol–water partition coefficient (Wildman–Crippen LogP) is 4.43. The molecule has 0 aliphatic rings. The number of aromatic nitrogens is 4. The molecule has 0 aliphatic carbocycles. The number of hydrogen-bond acceptors (Lipinski definition) is 4. The lowest BCUT2D eigenvalue weighted by Gasteiger charge is -2.07. The maximum absolute atomic E-state index is 5.52. The van der Waals surface area contributed by atoms with E-state index in [1.807, 2.05) is 48.8 Å². The molecule has 0 aromatic carbocycles. The highest BCUT2D eigenvalue weighted by Crippen LogP contribution is 2.35. The number of hydrogen-bond donors (Lipinski definition) is 1. The average molecular weight is 312 g/mol. The number of fused-ring (bicyclic) bond motifs is 2. The Bertz CT molecular complexity index is 1160. The van der Waals surface area contributed by atoms with Gasteiger partial charge in [0.25, 0.3) is 0 Å². The Balaban J connectivity index is 1.87. The molecule has 5 nitrogen and oxygen atoms in total. The van der Waals surface area contributed by atoms with Gasteiger partial charge in [0.2, 0.25) is 0 Å². The first-order valence-electron chi connectivity index (χ1n) is 7.61. The third-order valence-electron chi connectivity index (χ3n) is 4.13. The van der Waals surface area contributed by atoms with Gasteiger partial charge in [0.15, 0.2) is 11.4 Å². The van der Waals surface area contributed by atoms with Crippen LogP contribution < -0.4 is 0 Å². The Hall–Kier alpha value is -3.47. The van der Waals surface area contributed by atoms with E-state index in [0.717, 1.165) is 38.9 Å². The Morgan fingerprint density at radius 2 is 1.96 bits per heavy atom. The van der Waals surface area contributed by atoms with E-state index in [0.29, 0.717) is 5.65 Å². The van der Waals surface area contributed by atoms with Crippen molar-refractivity contribution in [2.75, 3.05) is 0 Å². The van der Waals surface area contributed by atoms with Crippen LogP contribution in [-0.2, 0) is 0 Å². The predicted molar refractivity (Wildman–Crippen MR) is 92.3 cm³/mol. The summed E-state index contributed by atoms with van der Waals surface area (Å²) in [5.74, 6) is 0.727. The molecule has 0 fully saturated rings. The van der Waals surface area contributed by atoms with Crippen molar-refractivity contribution >= 4 is 21.9 Å². The molecule has 5 heterocycles. The van der Waals surface area contributed by atoms with Crippen molar-refractivity contribution in [2.45, 2.75) is 0 Å². The van der Waals surface area contributed by atoms with Gasteiger partial charge in [-0.15, -0.1) is 0 Å². The molecule has 0 spiro atoms. The first kappa shape index (κ1) is 13.0. The highest BCUT2D eigenvalue weighted by atomic mass is 16.3. The third kappa shape index (κ3) is 1.91. The average Bonchev–Trinajstić information content (AvgIpc) is 3.31. The maximum Gasteiger partial charge on any atom is 0.160 e. The summed E-state index contributed by atoms with van der Waals surface area (Å²) in [6.07, 6.45) is 9.03. The third-order valence-corrected chi connectivity index (χ3v) is 4.13. The molecule has 5 rings (SSSR count). The molecule has 114 valence electrons. The van der Waals surface area contributed by atoms with Gasteiger partial charge in [-0.1, -0.05) is 0 Å². The van der Waals surface area contributed by atoms with Crippen molar-refractivity contribution < 1.29 is 4.42 Å². The smallest absolute Gasteiger partial charge is 0.160 e. The summed E-state index contributed by atoms with van der Waals surface area (Å²) in [5, 5.41) is 2.12. The molecule has 0 atom stereocenters. The zero-order chi connectivity index (χ0) is 15.9. The molecule has 24 heavy (non-hydrogen) atoms. The molecule has 1 N–H and O–H groups in total. The summed E-state index contributed by atoms with van der Waals surface area (Å²) >= 11 is 0. The SMILES string of the molecule is c1coc(-c2cc(-c3c[nH]c4cnccc34)c3cccnc3n2)c1. The van der Waals surface area contributed by atoms with E-state index in [1.54, 1.807) is 18.7 Å². The fourth-order valence-corrected chi connectivity index (χ4v) is 3.03. The molecule has 0 saturated carbocycles. The van der Waals surface area contributed by atoms with Crippen molar-refractivity contribution in [3.63, 3.8) is 0 Å². The molecule has 0 aliphatic heterocycles. The minimum atomic E-state index is 0.699. The standard InChI is InChI=1S/C19H12N4O/c1-3-13-14(15-10-22-17-11-20-7-5-12(15)17)9-16(18-4-2-8-24-18)23-19(13)21-6-1/h1-11,22H. The summed E-state index contributed by atoms with van der Waals surface area (Å²) in [7, 11) is 0.